The summed E-state index contributed by atoms with van der Waals surface area (Å²) in [6.07, 6.45) is 3.88. The number of aliphatic hydroxyl groups excluding tert-OH is 1. The number of anilines is 1. The predicted octanol–water partition coefficient (Wildman–Crippen LogP) is 2.33. The van der Waals surface area contributed by atoms with Crippen molar-refractivity contribution < 1.29 is 10.0 Å². The average Bonchev–Trinajstić information content (AvgIpc) is 2.44. The second-order valence-electron chi connectivity index (χ2n) is 4.24. The third-order valence-electron chi connectivity index (χ3n) is 3.06. The Bertz CT molecular complexity index is 597. The first-order valence-electron chi connectivity index (χ1n) is 6.06. The zero-order chi connectivity index (χ0) is 13.8. The molecule has 1 atom stereocenters. The van der Waals surface area contributed by atoms with Crippen molar-refractivity contribution in [1.29, 1.82) is 0 Å². The van der Waals surface area contributed by atoms with E-state index in [1.54, 1.807) is 18.3 Å². The normalized spacial score (nSPS) is 12.3. The number of nitrogens with one attached hydrogen (secondary N) is 1. The molecule has 100 valence electrons. The number of nitrogens with zero attached hydrogens (tertiary/aromatic N) is 2. The van der Waals surface area contributed by atoms with Crippen LogP contribution < -0.4 is 5.32 Å². The smallest absolute Gasteiger partial charge is 0.277 e. The van der Waals surface area contributed by atoms with Crippen LogP contribution >= 0.6 is 0 Å². The van der Waals surface area contributed by atoms with Crippen molar-refractivity contribution in [3.63, 3.8) is 0 Å². The van der Waals surface area contributed by atoms with Gasteiger partial charge in [0.1, 0.15) is 0 Å². The number of benzene rings is 1. The molecule has 1 aromatic heterocycles. The Morgan fingerprint density at radius 1 is 1.42 bits per heavy atom. The maximum atomic E-state index is 11.0. The molecular formula is C13H15N3O3. The van der Waals surface area contributed by atoms with Crippen LogP contribution in [0.25, 0.3) is 10.8 Å². The summed E-state index contributed by atoms with van der Waals surface area (Å²) in [7, 11) is 0. The van der Waals surface area contributed by atoms with Gasteiger partial charge in [-0.15, -0.1) is 0 Å². The number of aliphatic hydroxyl groups is 1. The fourth-order valence-corrected chi connectivity index (χ4v) is 1.96. The lowest BCUT2D eigenvalue weighted by Gasteiger charge is -2.17. The largest absolute Gasteiger partial charge is 0.394 e. The Hall–Kier alpha value is -2.21. The minimum atomic E-state index is -0.407. The summed E-state index contributed by atoms with van der Waals surface area (Å²) >= 11 is 0. The monoisotopic (exact) mass is 261 g/mol. The molecule has 0 aliphatic heterocycles. The predicted molar refractivity (Wildman–Crippen MR) is 73.2 cm³/mol. The Kier molecular flexibility index (Phi) is 3.91. The van der Waals surface area contributed by atoms with Crippen LogP contribution in [-0.2, 0) is 0 Å². The van der Waals surface area contributed by atoms with Gasteiger partial charge in [-0.05, 0) is 18.6 Å². The maximum absolute atomic E-state index is 11.0. The van der Waals surface area contributed by atoms with Crippen LogP contribution in [0.5, 0.6) is 0 Å². The van der Waals surface area contributed by atoms with Gasteiger partial charge in [0, 0.05) is 35.6 Å². The highest BCUT2D eigenvalue weighted by molar-refractivity contribution is 5.99. The van der Waals surface area contributed by atoms with E-state index in [1.165, 1.54) is 12.3 Å². The van der Waals surface area contributed by atoms with Crippen molar-refractivity contribution in [2.45, 2.75) is 19.4 Å². The molecule has 0 radical (unpaired) electrons. The fourth-order valence-electron chi connectivity index (χ4n) is 1.96. The first-order valence-corrected chi connectivity index (χ1v) is 6.06. The molecule has 0 aliphatic rings. The van der Waals surface area contributed by atoms with Gasteiger partial charge in [0.25, 0.3) is 5.69 Å². The molecule has 6 nitrogen and oxygen atoms in total. The topological polar surface area (TPSA) is 88.3 Å². The first-order chi connectivity index (χ1) is 9.17. The van der Waals surface area contributed by atoms with E-state index in [-0.39, 0.29) is 18.3 Å². The SMILES string of the molecule is CCC(CO)Nc1ccc([N+](=O)[O-])c2ccncc12. The van der Waals surface area contributed by atoms with Gasteiger partial charge in [0.15, 0.2) is 0 Å². The van der Waals surface area contributed by atoms with Gasteiger partial charge in [0.2, 0.25) is 0 Å². The lowest BCUT2D eigenvalue weighted by molar-refractivity contribution is -0.383. The molecule has 0 amide bonds. The number of rotatable bonds is 5. The molecule has 19 heavy (non-hydrogen) atoms. The summed E-state index contributed by atoms with van der Waals surface area (Å²) in [5, 5.41) is 24.6. The van der Waals surface area contributed by atoms with E-state index < -0.39 is 4.92 Å². The molecule has 1 unspecified atom stereocenters. The van der Waals surface area contributed by atoms with Crippen molar-refractivity contribution in [3.8, 4) is 0 Å². The van der Waals surface area contributed by atoms with Gasteiger partial charge in [0.05, 0.1) is 16.9 Å². The van der Waals surface area contributed by atoms with Crippen LogP contribution in [0, 0.1) is 10.1 Å². The van der Waals surface area contributed by atoms with Crippen LogP contribution in [-0.4, -0.2) is 27.7 Å². The summed E-state index contributed by atoms with van der Waals surface area (Å²) < 4.78 is 0. The molecular weight excluding hydrogens is 246 g/mol. The van der Waals surface area contributed by atoms with E-state index >= 15 is 0 Å². The summed E-state index contributed by atoms with van der Waals surface area (Å²) in [4.78, 5) is 14.6. The minimum Gasteiger partial charge on any atom is -0.394 e. The van der Waals surface area contributed by atoms with E-state index in [2.05, 4.69) is 10.3 Å². The van der Waals surface area contributed by atoms with E-state index in [0.717, 1.165) is 12.1 Å². The number of hydrogen-bond acceptors (Lipinski definition) is 5. The molecule has 1 aromatic carbocycles. The highest BCUT2D eigenvalue weighted by Crippen LogP contribution is 2.31. The number of hydrogen-bond donors (Lipinski definition) is 2. The van der Waals surface area contributed by atoms with Gasteiger partial charge >= 0.3 is 0 Å². The lowest BCUT2D eigenvalue weighted by atomic mass is 10.1. The first kappa shape index (κ1) is 13.2. The highest BCUT2D eigenvalue weighted by atomic mass is 16.6. The Labute approximate surface area is 110 Å². The number of non-ortho nitro benzene ring substituents is 1. The number of fused-ring (bicyclic) bond motifs is 1. The molecule has 0 aliphatic carbocycles. The molecule has 1 heterocycles. The molecule has 0 spiro atoms. The average molecular weight is 261 g/mol. The third kappa shape index (κ3) is 2.63. The molecule has 2 rings (SSSR count). The highest BCUT2D eigenvalue weighted by Gasteiger charge is 2.15. The van der Waals surface area contributed by atoms with Crippen LogP contribution in [0.3, 0.4) is 0 Å². The van der Waals surface area contributed by atoms with Crippen LogP contribution in [0.15, 0.2) is 30.6 Å². The van der Waals surface area contributed by atoms with Crippen LogP contribution in [0.4, 0.5) is 11.4 Å². The molecule has 0 bridgehead atoms. The Balaban J connectivity index is 2.52. The molecule has 2 N–H and O–H groups in total. The van der Waals surface area contributed by atoms with E-state index in [9.17, 15) is 15.2 Å². The summed E-state index contributed by atoms with van der Waals surface area (Å²) in [6, 6.07) is 4.66. The van der Waals surface area contributed by atoms with E-state index in [1.807, 2.05) is 6.92 Å². The molecule has 0 fully saturated rings. The Morgan fingerprint density at radius 2 is 2.21 bits per heavy atom. The molecule has 0 saturated heterocycles. The summed E-state index contributed by atoms with van der Waals surface area (Å²) in [5.41, 5.74) is 0.801. The van der Waals surface area contributed by atoms with Crippen LogP contribution in [0.2, 0.25) is 0 Å². The van der Waals surface area contributed by atoms with Crippen molar-refractivity contribution in [2.75, 3.05) is 11.9 Å². The van der Waals surface area contributed by atoms with Crippen molar-refractivity contribution in [1.82, 2.24) is 4.98 Å². The second kappa shape index (κ2) is 5.62. The number of nitro benzene ring substituents is 1. The van der Waals surface area contributed by atoms with Crippen molar-refractivity contribution >= 4 is 22.1 Å². The standard InChI is InChI=1S/C13H15N3O3/c1-2-9(8-17)15-12-3-4-13(16(18)19)10-5-6-14-7-11(10)12/h3-7,9,15,17H,2,8H2,1H3. The lowest BCUT2D eigenvalue weighted by Crippen LogP contribution is -2.22. The number of aromatic nitrogens is 1. The van der Waals surface area contributed by atoms with Crippen molar-refractivity contribution in [3.05, 3.63) is 40.7 Å². The van der Waals surface area contributed by atoms with Crippen molar-refractivity contribution in [2.24, 2.45) is 0 Å². The van der Waals surface area contributed by atoms with Gasteiger partial charge in [-0.3, -0.25) is 15.1 Å². The second-order valence-corrected chi connectivity index (χ2v) is 4.24. The number of pyridine rings is 1. The third-order valence-corrected chi connectivity index (χ3v) is 3.06. The van der Waals surface area contributed by atoms with E-state index in [4.69, 9.17) is 0 Å². The number of nitro groups is 1. The van der Waals surface area contributed by atoms with Gasteiger partial charge in [-0.25, -0.2) is 0 Å². The molecule has 0 saturated carbocycles. The minimum absolute atomic E-state index is 0.00917. The van der Waals surface area contributed by atoms with Gasteiger partial charge in [-0.1, -0.05) is 6.92 Å². The molecule has 2 aromatic rings. The summed E-state index contributed by atoms with van der Waals surface area (Å²) in [6.45, 7) is 1.97. The van der Waals surface area contributed by atoms with Gasteiger partial charge in [-0.2, -0.15) is 0 Å². The van der Waals surface area contributed by atoms with Gasteiger partial charge < -0.3 is 10.4 Å². The zero-order valence-corrected chi connectivity index (χ0v) is 10.5. The van der Waals surface area contributed by atoms with E-state index in [0.29, 0.717) is 10.8 Å². The Morgan fingerprint density at radius 3 is 2.84 bits per heavy atom. The zero-order valence-electron chi connectivity index (χ0n) is 10.5. The molecule has 6 heteroatoms. The quantitative estimate of drug-likeness (QED) is 0.637. The fraction of sp³-hybridized carbons (Fsp3) is 0.308. The van der Waals surface area contributed by atoms with Crippen LogP contribution in [0.1, 0.15) is 13.3 Å². The summed E-state index contributed by atoms with van der Waals surface area (Å²) in [5.74, 6) is 0. The maximum Gasteiger partial charge on any atom is 0.277 e.